The highest BCUT2D eigenvalue weighted by molar-refractivity contribution is 7.89. The van der Waals surface area contributed by atoms with Crippen molar-refractivity contribution in [1.29, 1.82) is 0 Å². The van der Waals surface area contributed by atoms with Crippen molar-refractivity contribution in [3.8, 4) is 0 Å². The summed E-state index contributed by atoms with van der Waals surface area (Å²) in [6, 6.07) is 12.8. The molecule has 0 atom stereocenters. The van der Waals surface area contributed by atoms with Crippen LogP contribution < -0.4 is 5.32 Å². The van der Waals surface area contributed by atoms with E-state index < -0.39 is 15.8 Å². The van der Waals surface area contributed by atoms with Crippen LogP contribution in [0.1, 0.15) is 36.8 Å². The summed E-state index contributed by atoms with van der Waals surface area (Å²) in [6.07, 6.45) is 4.30. The highest BCUT2D eigenvalue weighted by Gasteiger charge is 2.32. The maximum atomic E-state index is 14.6. The minimum Gasteiger partial charge on any atom is -0.326 e. The molecule has 4 rings (SSSR count). The van der Waals surface area contributed by atoms with E-state index in [1.54, 1.807) is 0 Å². The van der Waals surface area contributed by atoms with E-state index in [-0.39, 0.29) is 17.2 Å². The zero-order valence-corrected chi connectivity index (χ0v) is 17.1. The molecule has 2 heterocycles. The quantitative estimate of drug-likeness (QED) is 0.807. The van der Waals surface area contributed by atoms with Crippen LogP contribution >= 0.6 is 0 Å². The van der Waals surface area contributed by atoms with Gasteiger partial charge in [0.1, 0.15) is 10.7 Å². The van der Waals surface area contributed by atoms with Crippen molar-refractivity contribution in [2.75, 3.05) is 18.4 Å². The fourth-order valence-corrected chi connectivity index (χ4v) is 5.74. The molecule has 0 aromatic heterocycles. The topological polar surface area (TPSA) is 66.5 Å². The normalized spacial score (nSPS) is 18.3. The Labute approximate surface area is 171 Å². The second kappa shape index (κ2) is 8.24. The molecule has 0 aliphatic carbocycles. The molecule has 0 radical (unpaired) electrons. The molecule has 29 heavy (non-hydrogen) atoms. The third kappa shape index (κ3) is 4.36. The predicted octanol–water partition coefficient (Wildman–Crippen LogP) is 3.74. The lowest BCUT2D eigenvalue weighted by Crippen LogP contribution is -2.39. The Morgan fingerprint density at radius 2 is 1.79 bits per heavy atom. The van der Waals surface area contributed by atoms with Crippen LogP contribution in [0, 0.1) is 11.7 Å². The maximum Gasteiger partial charge on any atom is 0.245 e. The molecule has 0 saturated carbocycles. The van der Waals surface area contributed by atoms with Gasteiger partial charge in [-0.2, -0.15) is 4.31 Å². The second-order valence-electron chi connectivity index (χ2n) is 7.86. The van der Waals surface area contributed by atoms with Gasteiger partial charge in [-0.15, -0.1) is 0 Å². The number of nitrogens with zero attached hydrogens (tertiary/aromatic N) is 1. The molecule has 1 N–H and O–H groups in total. The van der Waals surface area contributed by atoms with Gasteiger partial charge in [-0.05, 0) is 61.3 Å². The smallest absolute Gasteiger partial charge is 0.245 e. The first-order valence-electron chi connectivity index (χ1n) is 10.1. The lowest BCUT2D eigenvalue weighted by atomic mass is 9.91. The van der Waals surface area contributed by atoms with Gasteiger partial charge in [-0.25, -0.2) is 12.8 Å². The SMILES string of the molecule is O=C1CCc2cc(S(=O)(=O)N3CCC(CCc4ccccc4)CC3)c(F)cc2N1. The Morgan fingerprint density at radius 3 is 2.52 bits per heavy atom. The minimum absolute atomic E-state index is 0.176. The number of hydrogen-bond acceptors (Lipinski definition) is 3. The lowest BCUT2D eigenvalue weighted by molar-refractivity contribution is -0.116. The van der Waals surface area contributed by atoms with Crippen molar-refractivity contribution in [3.63, 3.8) is 0 Å². The van der Waals surface area contributed by atoms with E-state index in [0.29, 0.717) is 36.7 Å². The lowest BCUT2D eigenvalue weighted by Gasteiger charge is -2.31. The third-order valence-electron chi connectivity index (χ3n) is 5.93. The predicted molar refractivity (Wildman–Crippen MR) is 110 cm³/mol. The molecule has 0 unspecified atom stereocenters. The number of anilines is 1. The number of hydrogen-bond donors (Lipinski definition) is 1. The summed E-state index contributed by atoms with van der Waals surface area (Å²) in [7, 11) is -3.88. The fourth-order valence-electron chi connectivity index (χ4n) is 4.17. The van der Waals surface area contributed by atoms with Gasteiger partial charge >= 0.3 is 0 Å². The number of fused-ring (bicyclic) bond motifs is 1. The summed E-state index contributed by atoms with van der Waals surface area (Å²) in [5, 5.41) is 2.60. The average Bonchev–Trinajstić information content (AvgIpc) is 2.72. The molecule has 0 spiro atoms. The summed E-state index contributed by atoms with van der Waals surface area (Å²) in [5.41, 5.74) is 2.34. The molecule has 2 aromatic rings. The number of carbonyl (C=O) groups excluding carboxylic acids is 1. The van der Waals surface area contributed by atoms with E-state index in [0.717, 1.165) is 31.7 Å². The Bertz CT molecular complexity index is 1000. The van der Waals surface area contributed by atoms with Gasteiger partial charge in [0.15, 0.2) is 0 Å². The molecule has 2 aliphatic rings. The Balaban J connectivity index is 1.42. The van der Waals surface area contributed by atoms with E-state index in [1.165, 1.54) is 15.9 Å². The summed E-state index contributed by atoms with van der Waals surface area (Å²) >= 11 is 0. The van der Waals surface area contributed by atoms with E-state index in [4.69, 9.17) is 0 Å². The number of aryl methyl sites for hydroxylation is 2. The number of rotatable bonds is 5. The Kier molecular flexibility index (Phi) is 5.69. The monoisotopic (exact) mass is 416 g/mol. The first kappa shape index (κ1) is 20.0. The molecular weight excluding hydrogens is 391 g/mol. The van der Waals surface area contributed by atoms with E-state index >= 15 is 0 Å². The van der Waals surface area contributed by atoms with E-state index in [2.05, 4.69) is 17.4 Å². The number of carbonyl (C=O) groups is 1. The van der Waals surface area contributed by atoms with Crippen LogP contribution in [0.15, 0.2) is 47.4 Å². The van der Waals surface area contributed by atoms with Crippen LogP contribution in [0.2, 0.25) is 0 Å². The molecule has 2 aliphatic heterocycles. The largest absolute Gasteiger partial charge is 0.326 e. The summed E-state index contributed by atoms with van der Waals surface area (Å²) in [5.74, 6) is -0.507. The number of benzene rings is 2. The number of halogens is 1. The molecule has 1 amide bonds. The molecule has 2 aromatic carbocycles. The molecule has 0 bridgehead atoms. The number of piperidine rings is 1. The zero-order chi connectivity index (χ0) is 20.4. The standard InChI is InChI=1S/C22H25FN2O3S/c23-19-15-20-18(8-9-22(26)24-20)14-21(19)29(27,28)25-12-10-17(11-13-25)7-6-16-4-2-1-3-5-16/h1-5,14-15,17H,6-13H2,(H,24,26). The van der Waals surface area contributed by atoms with Crippen LogP contribution in [-0.2, 0) is 27.7 Å². The highest BCUT2D eigenvalue weighted by atomic mass is 32.2. The Hall–Kier alpha value is -2.25. The van der Waals surface area contributed by atoms with Gasteiger partial charge in [-0.3, -0.25) is 4.79 Å². The third-order valence-corrected chi connectivity index (χ3v) is 7.84. The molecule has 5 nitrogen and oxygen atoms in total. The maximum absolute atomic E-state index is 14.6. The molecule has 154 valence electrons. The van der Waals surface area contributed by atoms with Crippen LogP contribution in [0.3, 0.4) is 0 Å². The van der Waals surface area contributed by atoms with Crippen molar-refractivity contribution >= 4 is 21.6 Å². The van der Waals surface area contributed by atoms with Crippen molar-refractivity contribution in [3.05, 3.63) is 59.4 Å². The van der Waals surface area contributed by atoms with Crippen LogP contribution in [-0.4, -0.2) is 31.7 Å². The first-order chi connectivity index (χ1) is 13.9. The molecule has 1 saturated heterocycles. The summed E-state index contributed by atoms with van der Waals surface area (Å²) < 4.78 is 42.1. The molecule has 1 fully saturated rings. The summed E-state index contributed by atoms with van der Waals surface area (Å²) in [6.45, 7) is 0.824. The molecule has 7 heteroatoms. The van der Waals surface area contributed by atoms with Crippen LogP contribution in [0.4, 0.5) is 10.1 Å². The zero-order valence-electron chi connectivity index (χ0n) is 16.2. The van der Waals surface area contributed by atoms with Gasteiger partial charge in [0.2, 0.25) is 15.9 Å². The molecular formula is C22H25FN2O3S. The van der Waals surface area contributed by atoms with Crippen LogP contribution in [0.25, 0.3) is 0 Å². The van der Waals surface area contributed by atoms with Gasteiger partial charge in [-0.1, -0.05) is 30.3 Å². The van der Waals surface area contributed by atoms with E-state index in [1.807, 2.05) is 18.2 Å². The highest BCUT2D eigenvalue weighted by Crippen LogP contribution is 2.32. The van der Waals surface area contributed by atoms with Crippen molar-refractivity contribution in [2.24, 2.45) is 5.92 Å². The fraction of sp³-hybridized carbons (Fsp3) is 0.409. The summed E-state index contributed by atoms with van der Waals surface area (Å²) in [4.78, 5) is 11.2. The minimum atomic E-state index is -3.88. The van der Waals surface area contributed by atoms with Crippen molar-refractivity contribution < 1.29 is 17.6 Å². The van der Waals surface area contributed by atoms with E-state index in [9.17, 15) is 17.6 Å². The van der Waals surface area contributed by atoms with Gasteiger partial charge in [0.05, 0.1) is 0 Å². The second-order valence-corrected chi connectivity index (χ2v) is 9.77. The van der Waals surface area contributed by atoms with Crippen molar-refractivity contribution in [2.45, 2.75) is 43.4 Å². The Morgan fingerprint density at radius 1 is 1.07 bits per heavy atom. The average molecular weight is 417 g/mol. The van der Waals surface area contributed by atoms with Gasteiger partial charge in [0.25, 0.3) is 0 Å². The number of sulfonamides is 1. The van der Waals surface area contributed by atoms with Gasteiger partial charge < -0.3 is 5.32 Å². The van der Waals surface area contributed by atoms with Crippen molar-refractivity contribution in [1.82, 2.24) is 4.31 Å². The number of amides is 1. The number of nitrogens with one attached hydrogen (secondary N) is 1. The van der Waals surface area contributed by atoms with Crippen LogP contribution in [0.5, 0.6) is 0 Å². The van der Waals surface area contributed by atoms with Gasteiger partial charge in [0, 0.05) is 25.2 Å². The first-order valence-corrected chi connectivity index (χ1v) is 11.5.